The minimum atomic E-state index is -3.50. The van der Waals surface area contributed by atoms with Crippen molar-refractivity contribution in [3.8, 4) is 0 Å². The van der Waals surface area contributed by atoms with E-state index >= 15 is 0 Å². The van der Waals surface area contributed by atoms with E-state index in [4.69, 9.17) is 5.73 Å². The molecule has 3 unspecified atom stereocenters. The van der Waals surface area contributed by atoms with Gasteiger partial charge < -0.3 is 10.6 Å². The van der Waals surface area contributed by atoms with Gasteiger partial charge in [-0.3, -0.25) is 4.79 Å². The van der Waals surface area contributed by atoms with E-state index in [2.05, 4.69) is 0 Å². The van der Waals surface area contributed by atoms with Crippen molar-refractivity contribution in [2.45, 2.75) is 50.0 Å². The highest BCUT2D eigenvalue weighted by Gasteiger charge is 2.43. The summed E-state index contributed by atoms with van der Waals surface area (Å²) in [6.45, 7) is 4.07. The third-order valence-electron chi connectivity index (χ3n) is 6.68. The van der Waals surface area contributed by atoms with Gasteiger partial charge in [0, 0.05) is 39.1 Å². The van der Waals surface area contributed by atoms with Gasteiger partial charge in [0.15, 0.2) is 0 Å². The molecule has 3 aliphatic rings. The largest absolute Gasteiger partial charge is 0.342 e. The zero-order valence-electron chi connectivity index (χ0n) is 15.9. The summed E-state index contributed by atoms with van der Waals surface area (Å²) in [6.07, 6.45) is 4.66. The molecule has 3 atom stereocenters. The molecule has 1 saturated carbocycles. The van der Waals surface area contributed by atoms with Gasteiger partial charge >= 0.3 is 0 Å². The molecule has 6 nitrogen and oxygen atoms in total. The number of fused-ring (bicyclic) bond motifs is 2. The average molecular weight is 392 g/mol. The third kappa shape index (κ3) is 3.52. The van der Waals surface area contributed by atoms with Crippen LogP contribution in [0.4, 0.5) is 0 Å². The molecule has 0 spiro atoms. The number of carbonyl (C=O) groups excluding carboxylic acids is 1. The first-order valence-electron chi connectivity index (χ1n) is 9.99. The van der Waals surface area contributed by atoms with Crippen molar-refractivity contribution in [1.82, 2.24) is 9.21 Å². The summed E-state index contributed by atoms with van der Waals surface area (Å²) in [5, 5.41) is 0. The van der Waals surface area contributed by atoms with E-state index in [0.29, 0.717) is 49.3 Å². The average Bonchev–Trinajstić information content (AvgIpc) is 2.97. The Bertz CT molecular complexity index is 839. The van der Waals surface area contributed by atoms with E-state index in [9.17, 15) is 13.2 Å². The number of benzene rings is 1. The van der Waals surface area contributed by atoms with Crippen LogP contribution in [0.2, 0.25) is 0 Å². The van der Waals surface area contributed by atoms with E-state index in [1.54, 1.807) is 17.3 Å². The van der Waals surface area contributed by atoms with Crippen molar-refractivity contribution >= 4 is 15.9 Å². The molecular formula is C20H29N3O3S. The fourth-order valence-corrected chi connectivity index (χ4v) is 6.58. The predicted octanol–water partition coefficient (Wildman–Crippen LogP) is 1.38. The standard InChI is InChI=1S/C20H29N3O3S/c1-14(24)22-9-7-15-5-6-18(11-16(15)8-10-22)27(25,26)23-12-17-3-2-4-20(21)19(17)13-23/h5-6,11,17,19-20H,2-4,7-10,12-13,21H2,1H3. The van der Waals surface area contributed by atoms with Gasteiger partial charge in [-0.2, -0.15) is 4.31 Å². The fraction of sp³-hybridized carbons (Fsp3) is 0.650. The van der Waals surface area contributed by atoms with Crippen LogP contribution in [0.15, 0.2) is 23.1 Å². The molecule has 1 amide bonds. The van der Waals surface area contributed by atoms with Crippen molar-refractivity contribution in [2.24, 2.45) is 17.6 Å². The van der Waals surface area contributed by atoms with E-state index in [1.807, 2.05) is 17.0 Å². The third-order valence-corrected chi connectivity index (χ3v) is 8.51. The zero-order valence-corrected chi connectivity index (χ0v) is 16.7. The predicted molar refractivity (Wildman–Crippen MR) is 104 cm³/mol. The van der Waals surface area contributed by atoms with E-state index in [1.165, 1.54) is 0 Å². The van der Waals surface area contributed by atoms with Crippen LogP contribution in [-0.2, 0) is 27.7 Å². The fourth-order valence-electron chi connectivity index (χ4n) is 5.00. The molecule has 2 N–H and O–H groups in total. The summed E-state index contributed by atoms with van der Waals surface area (Å²) in [6, 6.07) is 5.62. The molecule has 7 heteroatoms. The van der Waals surface area contributed by atoms with Crippen LogP contribution in [0.3, 0.4) is 0 Å². The summed E-state index contributed by atoms with van der Waals surface area (Å²) < 4.78 is 28.1. The first kappa shape index (κ1) is 18.9. The number of hydrogen-bond acceptors (Lipinski definition) is 4. The number of amides is 1. The lowest BCUT2D eigenvalue weighted by Gasteiger charge is -2.29. The summed E-state index contributed by atoms with van der Waals surface area (Å²) in [5.41, 5.74) is 8.45. The maximum absolute atomic E-state index is 13.2. The van der Waals surface area contributed by atoms with Crippen LogP contribution >= 0.6 is 0 Å². The molecule has 2 fully saturated rings. The smallest absolute Gasteiger partial charge is 0.243 e. The second-order valence-corrected chi connectivity index (χ2v) is 10.2. The van der Waals surface area contributed by atoms with Crippen molar-refractivity contribution in [2.75, 3.05) is 26.2 Å². The molecule has 2 aliphatic heterocycles. The Morgan fingerprint density at radius 1 is 1.11 bits per heavy atom. The van der Waals surface area contributed by atoms with Gasteiger partial charge in [-0.15, -0.1) is 0 Å². The van der Waals surface area contributed by atoms with Gasteiger partial charge in [0.05, 0.1) is 4.90 Å². The molecule has 1 aromatic rings. The van der Waals surface area contributed by atoms with Crippen molar-refractivity contribution < 1.29 is 13.2 Å². The minimum absolute atomic E-state index is 0.0756. The molecule has 4 rings (SSSR count). The van der Waals surface area contributed by atoms with Crippen molar-refractivity contribution in [3.05, 3.63) is 29.3 Å². The Hall–Kier alpha value is -1.44. The second-order valence-electron chi connectivity index (χ2n) is 8.28. The molecule has 1 saturated heterocycles. The minimum Gasteiger partial charge on any atom is -0.342 e. The zero-order chi connectivity index (χ0) is 19.2. The number of carbonyl (C=O) groups is 1. The molecule has 1 aromatic carbocycles. The van der Waals surface area contributed by atoms with E-state index in [-0.39, 0.29) is 11.9 Å². The SMILES string of the molecule is CC(=O)N1CCc2ccc(S(=O)(=O)N3CC4CCCC(N)C4C3)cc2CC1. The van der Waals surface area contributed by atoms with Crippen LogP contribution in [0.1, 0.15) is 37.3 Å². The number of sulfonamides is 1. The Morgan fingerprint density at radius 3 is 2.56 bits per heavy atom. The summed E-state index contributed by atoms with van der Waals surface area (Å²) in [4.78, 5) is 13.9. The van der Waals surface area contributed by atoms with Crippen molar-refractivity contribution in [1.29, 1.82) is 0 Å². The molecule has 0 bridgehead atoms. The first-order chi connectivity index (χ1) is 12.9. The highest BCUT2D eigenvalue weighted by molar-refractivity contribution is 7.89. The normalized spacial score (nSPS) is 29.1. The van der Waals surface area contributed by atoms with Gasteiger partial charge in [-0.05, 0) is 60.8 Å². The van der Waals surface area contributed by atoms with E-state index in [0.717, 1.165) is 36.8 Å². The topological polar surface area (TPSA) is 83.7 Å². The second kappa shape index (κ2) is 7.18. The van der Waals surface area contributed by atoms with Crippen LogP contribution < -0.4 is 5.73 Å². The molecule has 27 heavy (non-hydrogen) atoms. The Labute approximate surface area is 161 Å². The first-order valence-corrected chi connectivity index (χ1v) is 11.4. The van der Waals surface area contributed by atoms with Crippen LogP contribution in [0.25, 0.3) is 0 Å². The molecule has 0 aromatic heterocycles. The highest BCUT2D eigenvalue weighted by Crippen LogP contribution is 2.38. The lowest BCUT2D eigenvalue weighted by Crippen LogP contribution is -2.38. The summed E-state index contributed by atoms with van der Waals surface area (Å²) in [7, 11) is -3.50. The van der Waals surface area contributed by atoms with Gasteiger partial charge in [0.2, 0.25) is 15.9 Å². The Kier molecular flexibility index (Phi) is 5.03. The molecule has 2 heterocycles. The van der Waals surface area contributed by atoms with E-state index < -0.39 is 10.0 Å². The quantitative estimate of drug-likeness (QED) is 0.826. The van der Waals surface area contributed by atoms with Crippen LogP contribution in [-0.4, -0.2) is 55.8 Å². The number of nitrogens with two attached hydrogens (primary N) is 1. The number of hydrogen-bond donors (Lipinski definition) is 1. The summed E-state index contributed by atoms with van der Waals surface area (Å²) >= 11 is 0. The summed E-state index contributed by atoms with van der Waals surface area (Å²) in [5.74, 6) is 0.763. The maximum Gasteiger partial charge on any atom is 0.243 e. The number of nitrogens with zero attached hydrogens (tertiary/aromatic N) is 2. The highest BCUT2D eigenvalue weighted by atomic mass is 32.2. The lowest BCUT2D eigenvalue weighted by atomic mass is 9.78. The molecule has 0 radical (unpaired) electrons. The Morgan fingerprint density at radius 2 is 1.85 bits per heavy atom. The van der Waals surface area contributed by atoms with Gasteiger partial charge in [-0.25, -0.2) is 8.42 Å². The van der Waals surface area contributed by atoms with Gasteiger partial charge in [-0.1, -0.05) is 12.5 Å². The molecule has 148 valence electrons. The van der Waals surface area contributed by atoms with Crippen LogP contribution in [0.5, 0.6) is 0 Å². The molecular weight excluding hydrogens is 362 g/mol. The number of rotatable bonds is 2. The monoisotopic (exact) mass is 391 g/mol. The van der Waals surface area contributed by atoms with Gasteiger partial charge in [0.1, 0.15) is 0 Å². The van der Waals surface area contributed by atoms with Gasteiger partial charge in [0.25, 0.3) is 0 Å². The van der Waals surface area contributed by atoms with Crippen molar-refractivity contribution in [3.63, 3.8) is 0 Å². The maximum atomic E-state index is 13.2. The van der Waals surface area contributed by atoms with Crippen LogP contribution in [0, 0.1) is 11.8 Å². The molecule has 1 aliphatic carbocycles. The Balaban J connectivity index is 1.56. The lowest BCUT2D eigenvalue weighted by molar-refractivity contribution is -0.128.